The highest BCUT2D eigenvalue weighted by molar-refractivity contribution is 5.72. The molecule has 1 aliphatic rings. The Kier molecular flexibility index (Phi) is 6.37. The van der Waals surface area contributed by atoms with Crippen LogP contribution in [-0.4, -0.2) is 46.1 Å². The number of aliphatic hydroxyl groups excluding tert-OH is 1. The zero-order valence-corrected chi connectivity index (χ0v) is 15.9. The number of nitrogens with zero attached hydrogens (tertiary/aromatic N) is 2. The number of allylic oxidation sites excluding steroid dienone is 1. The Labute approximate surface area is 160 Å². The zero-order valence-electron chi connectivity index (χ0n) is 15.9. The highest BCUT2D eigenvalue weighted by Gasteiger charge is 2.48. The smallest absolute Gasteiger partial charge is 0.216 e. The van der Waals surface area contributed by atoms with Crippen LogP contribution in [0.1, 0.15) is 36.6 Å². The number of carbonyl (C=O) groups is 1. The summed E-state index contributed by atoms with van der Waals surface area (Å²) >= 11 is 0. The van der Waals surface area contributed by atoms with E-state index >= 15 is 0 Å². The molecule has 142 valence electrons. The van der Waals surface area contributed by atoms with E-state index in [-0.39, 0.29) is 30.5 Å². The van der Waals surface area contributed by atoms with Crippen molar-refractivity contribution in [3.63, 3.8) is 0 Å². The Morgan fingerprint density at radius 2 is 2.00 bits per heavy atom. The number of carbonyl (C=O) groups excluding carboxylic acids is 1. The quantitative estimate of drug-likeness (QED) is 0.792. The van der Waals surface area contributed by atoms with Crippen molar-refractivity contribution in [3.05, 3.63) is 71.6 Å². The molecule has 0 unspecified atom stereocenters. The largest absolute Gasteiger partial charge is 0.395 e. The van der Waals surface area contributed by atoms with Crippen LogP contribution in [0.5, 0.6) is 0 Å². The maximum Gasteiger partial charge on any atom is 0.216 e. The molecule has 0 radical (unpaired) electrons. The lowest BCUT2D eigenvalue weighted by molar-refractivity contribution is -0.120. The molecule has 2 aromatic rings. The van der Waals surface area contributed by atoms with E-state index in [9.17, 15) is 9.90 Å². The van der Waals surface area contributed by atoms with Crippen molar-refractivity contribution in [3.8, 4) is 0 Å². The van der Waals surface area contributed by atoms with Crippen molar-refractivity contribution in [2.24, 2.45) is 0 Å². The molecule has 3 rings (SSSR count). The molecule has 1 aliphatic heterocycles. The Morgan fingerprint density at radius 3 is 2.59 bits per heavy atom. The van der Waals surface area contributed by atoms with Gasteiger partial charge < -0.3 is 10.4 Å². The molecule has 0 aliphatic carbocycles. The maximum atomic E-state index is 11.5. The van der Waals surface area contributed by atoms with Crippen molar-refractivity contribution in [1.82, 2.24) is 15.2 Å². The van der Waals surface area contributed by atoms with Crippen LogP contribution in [0.15, 0.2) is 54.7 Å². The van der Waals surface area contributed by atoms with Crippen LogP contribution in [0.25, 0.3) is 6.08 Å². The second-order valence-electron chi connectivity index (χ2n) is 6.94. The van der Waals surface area contributed by atoms with Gasteiger partial charge in [-0.3, -0.25) is 14.7 Å². The molecule has 1 fully saturated rings. The van der Waals surface area contributed by atoms with Crippen LogP contribution in [-0.2, 0) is 11.3 Å². The Balaban J connectivity index is 1.82. The molecular weight excluding hydrogens is 338 g/mol. The maximum absolute atomic E-state index is 11.5. The average molecular weight is 365 g/mol. The highest BCUT2D eigenvalue weighted by Crippen LogP contribution is 2.41. The fraction of sp³-hybridized carbons (Fsp3) is 0.364. The molecule has 5 nitrogen and oxygen atoms in total. The number of aliphatic hydroxyl groups is 1. The first kappa shape index (κ1) is 19.3. The van der Waals surface area contributed by atoms with Crippen LogP contribution in [0, 0.1) is 0 Å². The van der Waals surface area contributed by atoms with Gasteiger partial charge >= 0.3 is 0 Å². The summed E-state index contributed by atoms with van der Waals surface area (Å²) in [5.41, 5.74) is 3.31. The molecular formula is C22H27N3O2. The van der Waals surface area contributed by atoms with Crippen LogP contribution >= 0.6 is 0 Å². The minimum Gasteiger partial charge on any atom is -0.395 e. The fourth-order valence-corrected chi connectivity index (χ4v) is 3.90. The van der Waals surface area contributed by atoms with Crippen LogP contribution in [0.2, 0.25) is 0 Å². The number of likely N-dealkylation sites (tertiary alicyclic amines) is 1. The van der Waals surface area contributed by atoms with Gasteiger partial charge in [0.25, 0.3) is 0 Å². The lowest BCUT2D eigenvalue weighted by Gasteiger charge is -2.55. The Bertz CT molecular complexity index is 774. The minimum absolute atomic E-state index is 0.0123. The van der Waals surface area contributed by atoms with Crippen LogP contribution in [0.3, 0.4) is 0 Å². The van der Waals surface area contributed by atoms with Crippen LogP contribution < -0.4 is 5.32 Å². The van der Waals surface area contributed by atoms with Gasteiger partial charge in [0.1, 0.15) is 0 Å². The van der Waals surface area contributed by atoms with Gasteiger partial charge in [-0.1, -0.05) is 42.5 Å². The van der Waals surface area contributed by atoms with E-state index in [1.165, 1.54) is 12.5 Å². The van der Waals surface area contributed by atoms with Crippen molar-refractivity contribution in [2.45, 2.75) is 38.4 Å². The summed E-state index contributed by atoms with van der Waals surface area (Å²) < 4.78 is 0. The van der Waals surface area contributed by atoms with E-state index in [0.29, 0.717) is 13.1 Å². The number of pyridine rings is 1. The van der Waals surface area contributed by atoms with E-state index in [2.05, 4.69) is 45.5 Å². The van der Waals surface area contributed by atoms with Gasteiger partial charge in [-0.15, -0.1) is 0 Å². The van der Waals surface area contributed by atoms with E-state index in [1.54, 1.807) is 6.20 Å². The molecule has 27 heavy (non-hydrogen) atoms. The lowest BCUT2D eigenvalue weighted by Crippen LogP contribution is -2.66. The van der Waals surface area contributed by atoms with Gasteiger partial charge in [0.2, 0.25) is 5.91 Å². The first-order chi connectivity index (χ1) is 13.1. The first-order valence-electron chi connectivity index (χ1n) is 9.37. The number of benzene rings is 1. The van der Waals surface area contributed by atoms with E-state index in [1.807, 2.05) is 31.2 Å². The summed E-state index contributed by atoms with van der Waals surface area (Å²) in [7, 11) is 0. The molecule has 2 heterocycles. The van der Waals surface area contributed by atoms with Crippen LogP contribution in [0.4, 0.5) is 0 Å². The second-order valence-corrected chi connectivity index (χ2v) is 6.94. The van der Waals surface area contributed by atoms with E-state index in [0.717, 1.165) is 11.3 Å². The Morgan fingerprint density at radius 1 is 1.22 bits per heavy atom. The lowest BCUT2D eigenvalue weighted by atomic mass is 9.74. The zero-order chi connectivity index (χ0) is 19.2. The number of rotatable bonds is 7. The predicted octanol–water partition coefficient (Wildman–Crippen LogP) is 2.58. The molecule has 2 N–H and O–H groups in total. The highest BCUT2D eigenvalue weighted by atomic mass is 16.3. The summed E-state index contributed by atoms with van der Waals surface area (Å²) in [6, 6.07) is 14.4. The normalized spacial score (nSPS) is 22.6. The minimum atomic E-state index is -0.0394. The average Bonchev–Trinajstić information content (AvgIpc) is 2.67. The van der Waals surface area contributed by atoms with Gasteiger partial charge in [-0.05, 0) is 30.2 Å². The molecule has 5 heteroatoms. The van der Waals surface area contributed by atoms with E-state index < -0.39 is 0 Å². The molecule has 1 aromatic carbocycles. The number of amides is 1. The predicted molar refractivity (Wildman–Crippen MR) is 107 cm³/mol. The third-order valence-corrected chi connectivity index (χ3v) is 5.18. The molecule has 3 atom stereocenters. The third kappa shape index (κ3) is 4.43. The molecule has 0 bridgehead atoms. The number of hydrogen-bond donors (Lipinski definition) is 2. The summed E-state index contributed by atoms with van der Waals surface area (Å²) in [6.45, 7) is 4.82. The van der Waals surface area contributed by atoms with Gasteiger partial charge in [0.05, 0.1) is 12.3 Å². The van der Waals surface area contributed by atoms with Gasteiger partial charge in [-0.25, -0.2) is 0 Å². The monoisotopic (exact) mass is 365 g/mol. The molecule has 0 saturated carbocycles. The topological polar surface area (TPSA) is 65.5 Å². The number of hydrogen-bond acceptors (Lipinski definition) is 4. The fourth-order valence-electron chi connectivity index (χ4n) is 3.90. The van der Waals surface area contributed by atoms with Gasteiger partial charge in [-0.2, -0.15) is 0 Å². The second kappa shape index (κ2) is 8.93. The molecule has 1 aromatic heterocycles. The molecule has 0 spiro atoms. The summed E-state index contributed by atoms with van der Waals surface area (Å²) in [5.74, 6) is 0.132. The number of aromatic nitrogens is 1. The Hall–Kier alpha value is -2.50. The summed E-state index contributed by atoms with van der Waals surface area (Å²) in [5, 5.41) is 13.0. The first-order valence-corrected chi connectivity index (χ1v) is 9.37. The third-order valence-electron chi connectivity index (χ3n) is 5.18. The van der Waals surface area contributed by atoms with Gasteiger partial charge in [0, 0.05) is 44.2 Å². The summed E-state index contributed by atoms with van der Waals surface area (Å²) in [6.07, 6.45) is 5.86. The number of nitrogens with one attached hydrogen (secondary N) is 1. The standard InChI is InChI=1S/C22H27N3O2/c1-3-6-17-8-10-18(11-9-17)22-20(13-24-16(2)27)25(21(22)15-26)14-19-7-4-5-12-23-19/h3-12,20-22,26H,13-15H2,1-2H3,(H,24,27)/b6-3+/t20-,21+,22+/m1/s1. The van der Waals surface area contributed by atoms with Gasteiger partial charge in [0.15, 0.2) is 0 Å². The van der Waals surface area contributed by atoms with Crippen molar-refractivity contribution in [1.29, 1.82) is 0 Å². The van der Waals surface area contributed by atoms with Crippen molar-refractivity contribution in [2.75, 3.05) is 13.2 Å². The van der Waals surface area contributed by atoms with Crippen molar-refractivity contribution >= 4 is 12.0 Å². The molecule has 1 saturated heterocycles. The molecule has 1 amide bonds. The SMILES string of the molecule is C/C=C/c1ccc([C@H]2[C@@H](CNC(C)=O)N(Cc3ccccn3)[C@H]2CO)cc1. The van der Waals surface area contributed by atoms with E-state index in [4.69, 9.17) is 0 Å². The van der Waals surface area contributed by atoms with Crippen molar-refractivity contribution < 1.29 is 9.90 Å². The summed E-state index contributed by atoms with van der Waals surface area (Å²) in [4.78, 5) is 18.1.